The Bertz CT molecular complexity index is 2180. The lowest BCUT2D eigenvalue weighted by atomic mass is 9.73. The van der Waals surface area contributed by atoms with Gasteiger partial charge < -0.3 is 0 Å². The highest BCUT2D eigenvalue weighted by Gasteiger charge is 2.30. The molecular formula is C49H60NO4S+. The van der Waals surface area contributed by atoms with Crippen molar-refractivity contribution in [1.29, 1.82) is 0 Å². The highest BCUT2D eigenvalue weighted by Crippen LogP contribution is 2.40. The van der Waals surface area contributed by atoms with Gasteiger partial charge >= 0.3 is 0 Å². The lowest BCUT2D eigenvalue weighted by Gasteiger charge is -2.31. The zero-order valence-corrected chi connectivity index (χ0v) is 34.2. The van der Waals surface area contributed by atoms with Crippen LogP contribution < -0.4 is 5.32 Å². The molecule has 6 rings (SSSR count). The van der Waals surface area contributed by atoms with Gasteiger partial charge in [0.15, 0.2) is 0 Å². The SMILES string of the molecule is CC(=O)C(C)CCCCS(=O)(=O)O.CCCCC(C)(CC)c1c([NH2+]c2ccccc2)ccc2ccccc12.c1ccc(Cc2ccc3ccccc3c2)cc1. The van der Waals surface area contributed by atoms with E-state index in [0.717, 1.165) is 12.8 Å². The largest absolute Gasteiger partial charge is 0.300 e. The van der Waals surface area contributed by atoms with Gasteiger partial charge in [0.05, 0.1) is 5.75 Å². The van der Waals surface area contributed by atoms with Crippen molar-refractivity contribution < 1.29 is 23.1 Å². The lowest BCUT2D eigenvalue weighted by molar-refractivity contribution is -0.479. The zero-order chi connectivity index (χ0) is 39.7. The van der Waals surface area contributed by atoms with Crippen LogP contribution in [0.3, 0.4) is 0 Å². The van der Waals surface area contributed by atoms with E-state index in [1.54, 1.807) is 0 Å². The monoisotopic (exact) mass is 758 g/mol. The average Bonchev–Trinajstić information content (AvgIpc) is 3.19. The van der Waals surface area contributed by atoms with Crippen LogP contribution in [0.2, 0.25) is 0 Å². The molecule has 0 spiro atoms. The smallest absolute Gasteiger partial charge is 0.264 e. The van der Waals surface area contributed by atoms with E-state index in [-0.39, 0.29) is 22.9 Å². The highest BCUT2D eigenvalue weighted by molar-refractivity contribution is 7.85. The minimum absolute atomic E-state index is 0.0126. The van der Waals surface area contributed by atoms with Gasteiger partial charge in [-0.1, -0.05) is 162 Å². The summed E-state index contributed by atoms with van der Waals surface area (Å²) in [6, 6.07) is 49.9. The first-order valence-electron chi connectivity index (χ1n) is 19.8. The van der Waals surface area contributed by atoms with Crippen LogP contribution in [0.15, 0.2) is 140 Å². The molecule has 0 radical (unpaired) electrons. The molecule has 55 heavy (non-hydrogen) atoms. The number of fused-ring (bicyclic) bond motifs is 2. The number of benzene rings is 6. The molecule has 6 heteroatoms. The standard InChI is InChI=1S/C24H29N.C17H14.C8H16O4S/c1-4-6-18-24(3,5-2)23-21-15-11-10-12-19(21)16-17-22(23)25-20-13-8-7-9-14-20;1-2-6-14(7-3-1)12-15-10-11-16-8-4-5-9-17(16)13-15;1-7(8(2)9)5-3-4-6-13(10,11)12/h7-17,25H,4-6,18H2,1-3H3;1-11,13H,12H2;7H,3-6H2,1-2H3,(H,10,11,12)/p+1. The number of quaternary nitrogens is 1. The summed E-state index contributed by atoms with van der Waals surface area (Å²) < 4.78 is 29.0. The van der Waals surface area contributed by atoms with Crippen LogP contribution in [0.5, 0.6) is 0 Å². The Balaban J connectivity index is 0.000000196. The molecule has 0 aromatic heterocycles. The van der Waals surface area contributed by atoms with Crippen molar-refractivity contribution in [2.45, 2.75) is 91.4 Å². The van der Waals surface area contributed by atoms with Gasteiger partial charge in [-0.15, -0.1) is 0 Å². The number of para-hydroxylation sites is 1. The van der Waals surface area contributed by atoms with E-state index in [1.165, 1.54) is 75.8 Å². The van der Waals surface area contributed by atoms with Crippen molar-refractivity contribution in [3.63, 3.8) is 0 Å². The molecule has 0 bridgehead atoms. The maximum absolute atomic E-state index is 10.8. The molecule has 0 aliphatic heterocycles. The van der Waals surface area contributed by atoms with Gasteiger partial charge in [-0.3, -0.25) is 14.7 Å². The van der Waals surface area contributed by atoms with E-state index in [9.17, 15) is 13.2 Å². The van der Waals surface area contributed by atoms with E-state index in [0.29, 0.717) is 19.3 Å². The third kappa shape index (κ3) is 13.9. The Morgan fingerprint density at radius 3 is 1.95 bits per heavy atom. The van der Waals surface area contributed by atoms with Crippen molar-refractivity contribution in [2.75, 3.05) is 5.75 Å². The number of unbranched alkanes of at least 4 members (excludes halogenated alkanes) is 2. The number of hydrogen-bond donors (Lipinski definition) is 2. The van der Waals surface area contributed by atoms with Gasteiger partial charge in [-0.2, -0.15) is 8.42 Å². The molecule has 0 saturated carbocycles. The second kappa shape index (κ2) is 21.5. The molecule has 6 aromatic carbocycles. The Kier molecular flexibility index (Phi) is 16.8. The number of carbonyl (C=O) groups excluding carboxylic acids is 1. The molecule has 290 valence electrons. The topological polar surface area (TPSA) is 88.0 Å². The number of rotatable bonds is 15. The average molecular weight is 759 g/mol. The molecule has 0 fully saturated rings. The molecule has 2 atom stereocenters. The first kappa shape index (κ1) is 43.1. The molecule has 6 aromatic rings. The summed E-state index contributed by atoms with van der Waals surface area (Å²) in [5.74, 6) is -0.106. The Morgan fingerprint density at radius 2 is 1.31 bits per heavy atom. The van der Waals surface area contributed by atoms with Crippen molar-refractivity contribution in [2.24, 2.45) is 5.92 Å². The number of ketones is 1. The maximum atomic E-state index is 10.8. The third-order valence-electron chi connectivity index (χ3n) is 10.6. The molecule has 0 amide bonds. The van der Waals surface area contributed by atoms with E-state index in [2.05, 4.69) is 166 Å². The predicted octanol–water partition coefficient (Wildman–Crippen LogP) is 11.9. The molecule has 5 nitrogen and oxygen atoms in total. The third-order valence-corrected chi connectivity index (χ3v) is 11.4. The van der Waals surface area contributed by atoms with Crippen molar-refractivity contribution in [3.05, 3.63) is 156 Å². The van der Waals surface area contributed by atoms with Crippen LogP contribution in [-0.4, -0.2) is 24.5 Å². The molecule has 3 N–H and O–H groups in total. The van der Waals surface area contributed by atoms with E-state index in [1.807, 2.05) is 6.92 Å². The fraction of sp³-hybridized carbons (Fsp3) is 0.327. The fourth-order valence-electron chi connectivity index (χ4n) is 6.98. The zero-order valence-electron chi connectivity index (χ0n) is 33.4. The Hall–Kier alpha value is -4.62. The normalized spacial score (nSPS) is 12.8. The quantitative estimate of drug-likeness (QED) is 0.0620. The van der Waals surface area contributed by atoms with Crippen molar-refractivity contribution in [1.82, 2.24) is 0 Å². The van der Waals surface area contributed by atoms with Crippen molar-refractivity contribution >= 4 is 48.8 Å². The van der Waals surface area contributed by atoms with Gasteiger partial charge in [0.2, 0.25) is 0 Å². The predicted molar refractivity (Wildman–Crippen MR) is 232 cm³/mol. The number of nitrogens with two attached hydrogens (primary N) is 1. The number of carbonyl (C=O) groups is 1. The summed E-state index contributed by atoms with van der Waals surface area (Å²) in [5, 5.41) is 7.73. The van der Waals surface area contributed by atoms with E-state index in [4.69, 9.17) is 4.55 Å². The second-order valence-corrected chi connectivity index (χ2v) is 16.5. The van der Waals surface area contributed by atoms with Gasteiger partial charge in [-0.05, 0) is 95.3 Å². The molecule has 0 heterocycles. The van der Waals surface area contributed by atoms with Crippen LogP contribution in [0, 0.1) is 5.92 Å². The van der Waals surface area contributed by atoms with Crippen LogP contribution in [-0.2, 0) is 26.7 Å². The van der Waals surface area contributed by atoms with Crippen LogP contribution in [0.25, 0.3) is 21.5 Å². The molecular weight excluding hydrogens is 699 g/mol. The molecule has 2 unspecified atom stereocenters. The Morgan fingerprint density at radius 1 is 0.709 bits per heavy atom. The molecule has 0 aliphatic rings. The summed E-state index contributed by atoms with van der Waals surface area (Å²) in [5.41, 5.74) is 7.10. The summed E-state index contributed by atoms with van der Waals surface area (Å²) >= 11 is 0. The summed E-state index contributed by atoms with van der Waals surface area (Å²) in [6.07, 6.45) is 7.68. The van der Waals surface area contributed by atoms with Gasteiger partial charge in [0, 0.05) is 17.5 Å². The summed E-state index contributed by atoms with van der Waals surface area (Å²) in [7, 11) is -3.83. The lowest BCUT2D eigenvalue weighted by Crippen LogP contribution is -2.71. The van der Waals surface area contributed by atoms with Gasteiger partial charge in [0.1, 0.15) is 17.2 Å². The number of Topliss-reactive ketones (excluding diaryl/α,β-unsaturated/α-hetero) is 1. The van der Waals surface area contributed by atoms with Crippen LogP contribution in [0.1, 0.15) is 96.3 Å². The summed E-state index contributed by atoms with van der Waals surface area (Å²) in [6.45, 7) is 10.4. The van der Waals surface area contributed by atoms with E-state index < -0.39 is 10.1 Å². The first-order valence-corrected chi connectivity index (χ1v) is 21.4. The van der Waals surface area contributed by atoms with Crippen LogP contribution >= 0.6 is 0 Å². The molecule has 0 saturated heterocycles. The summed E-state index contributed by atoms with van der Waals surface area (Å²) in [4.78, 5) is 10.8. The van der Waals surface area contributed by atoms with Gasteiger partial charge in [-0.25, -0.2) is 0 Å². The fourth-order valence-corrected chi connectivity index (χ4v) is 7.54. The van der Waals surface area contributed by atoms with Gasteiger partial charge in [0.25, 0.3) is 10.1 Å². The minimum Gasteiger partial charge on any atom is -0.300 e. The van der Waals surface area contributed by atoms with Crippen LogP contribution in [0.4, 0.5) is 11.4 Å². The van der Waals surface area contributed by atoms with E-state index >= 15 is 0 Å². The Labute approximate surface area is 330 Å². The minimum atomic E-state index is -3.83. The second-order valence-electron chi connectivity index (χ2n) is 15.0. The van der Waals surface area contributed by atoms with Crippen molar-refractivity contribution in [3.8, 4) is 0 Å². The number of hydrogen-bond acceptors (Lipinski definition) is 3. The highest BCUT2D eigenvalue weighted by atomic mass is 32.2. The first-order chi connectivity index (χ1) is 26.4. The maximum Gasteiger partial charge on any atom is 0.264 e. The molecule has 0 aliphatic carbocycles.